The fourth-order valence-electron chi connectivity index (χ4n) is 0.813. The van der Waals surface area contributed by atoms with Crippen LogP contribution in [0.3, 0.4) is 0 Å². The fourth-order valence-corrected chi connectivity index (χ4v) is 0.813. The Morgan fingerprint density at radius 2 is 2.27 bits per heavy atom. The van der Waals surface area contributed by atoms with Gasteiger partial charge in [0.05, 0.1) is 12.3 Å². The summed E-state index contributed by atoms with van der Waals surface area (Å²) in [5, 5.41) is 8.63. The van der Waals surface area contributed by atoms with Gasteiger partial charge in [0.15, 0.2) is 5.82 Å². The number of nitrogens with two attached hydrogens (primary N) is 1. The van der Waals surface area contributed by atoms with Gasteiger partial charge < -0.3 is 10.5 Å². The van der Waals surface area contributed by atoms with Gasteiger partial charge in [-0.15, -0.1) is 0 Å². The molecule has 0 aliphatic rings. The third kappa shape index (κ3) is 1.47. The summed E-state index contributed by atoms with van der Waals surface area (Å²) >= 11 is 0. The van der Waals surface area contributed by atoms with E-state index in [0.717, 1.165) is 0 Å². The van der Waals surface area contributed by atoms with Crippen LogP contribution in [-0.4, -0.2) is 5.11 Å². The topological polar surface area (TPSA) is 58.3 Å². The van der Waals surface area contributed by atoms with Gasteiger partial charge in [-0.2, -0.15) is 0 Å². The number of halogens is 1. The molecule has 1 aromatic carbocycles. The lowest BCUT2D eigenvalue weighted by molar-refractivity contribution is 0.276. The zero-order valence-corrected chi connectivity index (χ0v) is 5.84. The lowest BCUT2D eigenvalue weighted by Gasteiger charge is -2.04. The van der Waals surface area contributed by atoms with E-state index in [2.05, 4.69) is 5.43 Å². The first-order valence-corrected chi connectivity index (χ1v) is 3.14. The average molecular weight is 156 g/mol. The Labute approximate surface area is 63.6 Å². The van der Waals surface area contributed by atoms with Crippen LogP contribution in [0.4, 0.5) is 10.1 Å². The third-order valence-electron chi connectivity index (χ3n) is 1.40. The highest BCUT2D eigenvalue weighted by molar-refractivity contribution is 5.46. The van der Waals surface area contributed by atoms with Crippen molar-refractivity contribution in [2.24, 2.45) is 5.84 Å². The molecule has 0 bridgehead atoms. The van der Waals surface area contributed by atoms with Crippen LogP contribution in [0.15, 0.2) is 18.2 Å². The van der Waals surface area contributed by atoms with Crippen LogP contribution in [0.2, 0.25) is 0 Å². The summed E-state index contributed by atoms with van der Waals surface area (Å²) in [7, 11) is 0. The molecule has 0 radical (unpaired) electrons. The molecular weight excluding hydrogens is 147 g/mol. The zero-order valence-electron chi connectivity index (χ0n) is 5.84. The van der Waals surface area contributed by atoms with Crippen molar-refractivity contribution in [3.63, 3.8) is 0 Å². The largest absolute Gasteiger partial charge is 0.392 e. The Bertz CT molecular complexity index is 230. The van der Waals surface area contributed by atoms with Crippen LogP contribution in [0.1, 0.15) is 5.56 Å². The molecule has 0 amide bonds. The van der Waals surface area contributed by atoms with Crippen LogP contribution in [0.5, 0.6) is 0 Å². The fraction of sp³-hybridized carbons (Fsp3) is 0.143. The second-order valence-electron chi connectivity index (χ2n) is 2.08. The molecule has 3 nitrogen and oxygen atoms in total. The number of aliphatic hydroxyl groups is 1. The predicted molar refractivity (Wildman–Crippen MR) is 40.1 cm³/mol. The lowest BCUT2D eigenvalue weighted by Crippen LogP contribution is -2.09. The Balaban J connectivity index is 3.10. The maximum Gasteiger partial charge on any atom is 0.153 e. The first-order valence-electron chi connectivity index (χ1n) is 3.14. The van der Waals surface area contributed by atoms with E-state index in [1.807, 2.05) is 0 Å². The molecule has 60 valence electrons. The zero-order chi connectivity index (χ0) is 8.27. The molecule has 11 heavy (non-hydrogen) atoms. The van der Waals surface area contributed by atoms with Crippen molar-refractivity contribution in [1.29, 1.82) is 0 Å². The van der Waals surface area contributed by atoms with Gasteiger partial charge in [-0.05, 0) is 6.07 Å². The maximum atomic E-state index is 13.0. The summed E-state index contributed by atoms with van der Waals surface area (Å²) in [6.45, 7) is -0.318. The van der Waals surface area contributed by atoms with E-state index in [-0.39, 0.29) is 17.9 Å². The van der Waals surface area contributed by atoms with Crippen molar-refractivity contribution < 1.29 is 9.50 Å². The van der Waals surface area contributed by atoms with E-state index < -0.39 is 5.82 Å². The number of hydrazine groups is 1. The molecule has 0 aromatic heterocycles. The van der Waals surface area contributed by atoms with E-state index in [1.54, 1.807) is 6.07 Å². The van der Waals surface area contributed by atoms with Gasteiger partial charge in [0.2, 0.25) is 0 Å². The Kier molecular flexibility index (Phi) is 2.40. The van der Waals surface area contributed by atoms with Crippen LogP contribution in [0.25, 0.3) is 0 Å². The van der Waals surface area contributed by atoms with Gasteiger partial charge in [-0.1, -0.05) is 12.1 Å². The molecule has 0 aliphatic heterocycles. The van der Waals surface area contributed by atoms with Gasteiger partial charge in [0.25, 0.3) is 0 Å². The molecule has 1 rings (SSSR count). The number of anilines is 1. The second-order valence-corrected chi connectivity index (χ2v) is 2.08. The molecule has 4 heteroatoms. The minimum atomic E-state index is -0.502. The molecule has 0 saturated carbocycles. The summed E-state index contributed by atoms with van der Waals surface area (Å²) in [5.74, 6) is 4.50. The van der Waals surface area contributed by atoms with Gasteiger partial charge in [-0.3, -0.25) is 5.84 Å². The van der Waals surface area contributed by atoms with Gasteiger partial charge in [0, 0.05) is 5.56 Å². The van der Waals surface area contributed by atoms with E-state index in [1.165, 1.54) is 12.1 Å². The molecule has 0 saturated heterocycles. The normalized spacial score (nSPS) is 9.73. The minimum Gasteiger partial charge on any atom is -0.392 e. The molecule has 0 atom stereocenters. The first-order chi connectivity index (χ1) is 5.29. The van der Waals surface area contributed by atoms with E-state index in [4.69, 9.17) is 10.9 Å². The van der Waals surface area contributed by atoms with Crippen LogP contribution >= 0.6 is 0 Å². The highest BCUT2D eigenvalue weighted by Gasteiger charge is 2.04. The van der Waals surface area contributed by atoms with Crippen molar-refractivity contribution in [2.45, 2.75) is 6.61 Å². The maximum absolute atomic E-state index is 13.0. The molecular formula is C7H9FN2O. The van der Waals surface area contributed by atoms with Crippen molar-refractivity contribution in [1.82, 2.24) is 0 Å². The second kappa shape index (κ2) is 3.32. The first kappa shape index (κ1) is 7.97. The average Bonchev–Trinajstić information content (AvgIpc) is 2.05. The van der Waals surface area contributed by atoms with E-state index >= 15 is 0 Å². The number of nitrogen functional groups attached to an aromatic ring is 1. The Hall–Kier alpha value is -1.13. The Morgan fingerprint density at radius 1 is 1.55 bits per heavy atom. The predicted octanol–water partition coefficient (Wildman–Crippen LogP) is 0.604. The van der Waals surface area contributed by atoms with Gasteiger partial charge in [0.1, 0.15) is 0 Å². The van der Waals surface area contributed by atoms with Crippen molar-refractivity contribution in [3.8, 4) is 0 Å². The molecule has 0 spiro atoms. The van der Waals surface area contributed by atoms with E-state index in [0.29, 0.717) is 0 Å². The highest BCUT2D eigenvalue weighted by atomic mass is 19.1. The molecule has 1 aromatic rings. The number of aliphatic hydroxyl groups excluding tert-OH is 1. The summed E-state index contributed by atoms with van der Waals surface area (Å²) in [5.41, 5.74) is 2.61. The third-order valence-corrected chi connectivity index (χ3v) is 1.40. The SMILES string of the molecule is NNc1cccc(CO)c1F. The summed E-state index contributed by atoms with van der Waals surface area (Å²) in [4.78, 5) is 0. The van der Waals surface area contributed by atoms with Crippen LogP contribution in [-0.2, 0) is 6.61 Å². The Morgan fingerprint density at radius 3 is 2.82 bits per heavy atom. The number of hydrogen-bond donors (Lipinski definition) is 3. The number of rotatable bonds is 2. The van der Waals surface area contributed by atoms with Crippen molar-refractivity contribution in [2.75, 3.05) is 5.43 Å². The molecule has 0 fully saturated rings. The molecule has 0 heterocycles. The molecule has 4 N–H and O–H groups in total. The van der Waals surface area contributed by atoms with Gasteiger partial charge in [-0.25, -0.2) is 4.39 Å². The van der Waals surface area contributed by atoms with Crippen LogP contribution in [0, 0.1) is 5.82 Å². The summed E-state index contributed by atoms with van der Waals surface area (Å²) in [6, 6.07) is 4.61. The monoisotopic (exact) mass is 156 g/mol. The van der Waals surface area contributed by atoms with E-state index in [9.17, 15) is 4.39 Å². The van der Waals surface area contributed by atoms with Crippen LogP contribution < -0.4 is 11.3 Å². The molecule has 0 aliphatic carbocycles. The lowest BCUT2D eigenvalue weighted by atomic mass is 10.2. The minimum absolute atomic E-state index is 0.191. The number of hydrogen-bond acceptors (Lipinski definition) is 3. The standard InChI is InChI=1S/C7H9FN2O/c8-7-5(4-11)2-1-3-6(7)10-9/h1-3,10-11H,4,9H2. The number of benzene rings is 1. The summed E-state index contributed by atoms with van der Waals surface area (Å²) < 4.78 is 13.0. The molecule has 0 unspecified atom stereocenters. The van der Waals surface area contributed by atoms with Gasteiger partial charge >= 0.3 is 0 Å². The number of nitrogens with one attached hydrogen (secondary N) is 1. The van der Waals surface area contributed by atoms with Crippen molar-refractivity contribution >= 4 is 5.69 Å². The highest BCUT2D eigenvalue weighted by Crippen LogP contribution is 2.16. The smallest absolute Gasteiger partial charge is 0.153 e. The summed E-state index contributed by atoms with van der Waals surface area (Å²) in [6.07, 6.45) is 0. The quantitative estimate of drug-likeness (QED) is 0.434. The van der Waals surface area contributed by atoms with Crippen molar-refractivity contribution in [3.05, 3.63) is 29.6 Å².